The first kappa shape index (κ1) is 12.8. The molecule has 1 N–H and O–H groups in total. The first-order valence-electron chi connectivity index (χ1n) is 6.10. The van der Waals surface area contributed by atoms with Crippen LogP contribution in [0.5, 0.6) is 0 Å². The smallest absolute Gasteiger partial charge is 0.104 e. The van der Waals surface area contributed by atoms with Crippen LogP contribution in [0.2, 0.25) is 0 Å². The fourth-order valence-corrected chi connectivity index (χ4v) is 2.17. The molecule has 6 heteroatoms. The summed E-state index contributed by atoms with van der Waals surface area (Å²) in [6.07, 6.45) is 2.12. The second-order valence-corrected chi connectivity index (χ2v) is 4.55. The molecule has 1 unspecified atom stereocenters. The van der Waals surface area contributed by atoms with E-state index in [9.17, 15) is 5.11 Å². The number of aliphatic hydroxyl groups excluding tert-OH is 1. The molecule has 0 radical (unpaired) electrons. The molecule has 6 nitrogen and oxygen atoms in total. The Hall–Kier alpha value is -1.69. The summed E-state index contributed by atoms with van der Waals surface area (Å²) in [7, 11) is 1.84. The first-order valence-corrected chi connectivity index (χ1v) is 6.10. The molecule has 1 atom stereocenters. The summed E-state index contributed by atoms with van der Waals surface area (Å²) in [6.45, 7) is 6.44. The van der Waals surface area contributed by atoms with Crippen LogP contribution >= 0.6 is 0 Å². The average Bonchev–Trinajstić information content (AvgIpc) is 2.84. The van der Waals surface area contributed by atoms with Crippen LogP contribution in [0.1, 0.15) is 42.1 Å². The molecule has 0 spiro atoms. The lowest BCUT2D eigenvalue weighted by Gasteiger charge is -2.08. The minimum absolute atomic E-state index is 0.444. The summed E-state index contributed by atoms with van der Waals surface area (Å²) in [6, 6.07) is 0. The Bertz CT molecular complexity index is 543. The molecule has 0 aliphatic carbocycles. The van der Waals surface area contributed by atoms with Crippen molar-refractivity contribution in [2.75, 3.05) is 0 Å². The largest absolute Gasteiger partial charge is 0.388 e. The molecule has 0 aliphatic rings. The van der Waals surface area contributed by atoms with Crippen molar-refractivity contribution in [2.24, 2.45) is 7.05 Å². The Morgan fingerprint density at radius 1 is 1.39 bits per heavy atom. The summed E-state index contributed by atoms with van der Waals surface area (Å²) in [5, 5.41) is 22.4. The third-order valence-corrected chi connectivity index (χ3v) is 3.12. The van der Waals surface area contributed by atoms with Gasteiger partial charge in [-0.2, -0.15) is 5.10 Å². The van der Waals surface area contributed by atoms with E-state index in [1.54, 1.807) is 4.68 Å². The molecule has 0 fully saturated rings. The van der Waals surface area contributed by atoms with Crippen LogP contribution in [-0.2, 0) is 13.6 Å². The molecule has 2 rings (SSSR count). The zero-order valence-corrected chi connectivity index (χ0v) is 11.3. The van der Waals surface area contributed by atoms with Crippen molar-refractivity contribution < 1.29 is 5.11 Å². The Morgan fingerprint density at radius 3 is 2.67 bits per heavy atom. The van der Waals surface area contributed by atoms with Crippen molar-refractivity contribution >= 4 is 0 Å². The Balaban J connectivity index is 2.29. The highest BCUT2D eigenvalue weighted by molar-refractivity contribution is 5.27. The molecule has 2 aromatic heterocycles. The predicted molar refractivity (Wildman–Crippen MR) is 67.1 cm³/mol. The molecule has 0 aromatic carbocycles. The highest BCUT2D eigenvalue weighted by Crippen LogP contribution is 2.24. The number of aromatic nitrogens is 5. The van der Waals surface area contributed by atoms with E-state index in [-0.39, 0.29) is 0 Å². The van der Waals surface area contributed by atoms with Crippen molar-refractivity contribution in [3.8, 4) is 0 Å². The van der Waals surface area contributed by atoms with E-state index >= 15 is 0 Å². The first-order chi connectivity index (χ1) is 8.52. The number of aryl methyl sites for hydroxylation is 2. The zero-order chi connectivity index (χ0) is 13.3. The van der Waals surface area contributed by atoms with Crippen molar-refractivity contribution in [3.63, 3.8) is 0 Å². The lowest BCUT2D eigenvalue weighted by Crippen LogP contribution is -2.05. The van der Waals surface area contributed by atoms with E-state index in [0.717, 1.165) is 22.6 Å². The van der Waals surface area contributed by atoms with Crippen LogP contribution in [-0.4, -0.2) is 29.9 Å². The van der Waals surface area contributed by atoms with E-state index in [1.807, 2.05) is 38.7 Å². The number of nitrogens with zero attached hydrogens (tertiary/aromatic N) is 5. The molecular weight excluding hydrogens is 230 g/mol. The zero-order valence-electron chi connectivity index (χ0n) is 11.3. The molecular formula is C12H19N5O. The van der Waals surface area contributed by atoms with Crippen molar-refractivity contribution in [2.45, 2.75) is 39.8 Å². The van der Waals surface area contributed by atoms with Crippen LogP contribution in [0, 0.1) is 13.8 Å². The van der Waals surface area contributed by atoms with E-state index in [1.165, 1.54) is 0 Å². The normalized spacial score (nSPS) is 12.9. The monoisotopic (exact) mass is 249 g/mol. The standard InChI is InChI=1S/C12H19N5O/c1-5-11(18)12-8(2)14-17(9(12)3)7-10-6-16(4)15-13-10/h6,11,18H,5,7H2,1-4H3. The third kappa shape index (κ3) is 2.28. The second-order valence-electron chi connectivity index (χ2n) is 4.55. The number of aliphatic hydroxyl groups is 1. The molecule has 0 bridgehead atoms. The average molecular weight is 249 g/mol. The SMILES string of the molecule is CCC(O)c1c(C)nn(Cc2cn(C)nn2)c1C. The quantitative estimate of drug-likeness (QED) is 0.881. The molecule has 0 saturated heterocycles. The lowest BCUT2D eigenvalue weighted by atomic mass is 10.1. The summed E-state index contributed by atoms with van der Waals surface area (Å²) in [4.78, 5) is 0. The van der Waals surface area contributed by atoms with Crippen molar-refractivity contribution in [3.05, 3.63) is 28.8 Å². The van der Waals surface area contributed by atoms with Gasteiger partial charge in [0.15, 0.2) is 0 Å². The summed E-state index contributed by atoms with van der Waals surface area (Å²) < 4.78 is 3.54. The van der Waals surface area contributed by atoms with Crippen LogP contribution in [0.25, 0.3) is 0 Å². The second kappa shape index (κ2) is 4.89. The number of rotatable bonds is 4. The van der Waals surface area contributed by atoms with Crippen molar-refractivity contribution in [1.82, 2.24) is 24.8 Å². The van der Waals surface area contributed by atoms with E-state index in [4.69, 9.17) is 0 Å². The predicted octanol–water partition coefficient (Wildman–Crippen LogP) is 1.12. The fraction of sp³-hybridized carbons (Fsp3) is 0.583. The summed E-state index contributed by atoms with van der Waals surface area (Å²) in [5.41, 5.74) is 3.67. The van der Waals surface area contributed by atoms with Crippen LogP contribution in [0.3, 0.4) is 0 Å². The topological polar surface area (TPSA) is 68.8 Å². The van der Waals surface area contributed by atoms with Gasteiger partial charge in [0.05, 0.1) is 18.3 Å². The Morgan fingerprint density at radius 2 is 2.11 bits per heavy atom. The van der Waals surface area contributed by atoms with Gasteiger partial charge in [0.25, 0.3) is 0 Å². The van der Waals surface area contributed by atoms with E-state index in [2.05, 4.69) is 15.4 Å². The van der Waals surface area contributed by atoms with Gasteiger partial charge in [0.1, 0.15) is 5.69 Å². The number of hydrogen-bond acceptors (Lipinski definition) is 4. The number of hydrogen-bond donors (Lipinski definition) is 1. The van der Waals surface area contributed by atoms with Crippen LogP contribution < -0.4 is 0 Å². The molecule has 2 aromatic rings. The summed E-state index contributed by atoms with van der Waals surface area (Å²) >= 11 is 0. The molecule has 18 heavy (non-hydrogen) atoms. The van der Waals surface area contributed by atoms with Gasteiger partial charge in [0, 0.05) is 24.5 Å². The van der Waals surface area contributed by atoms with Gasteiger partial charge in [-0.25, -0.2) is 0 Å². The fourth-order valence-electron chi connectivity index (χ4n) is 2.17. The Labute approximate surface area is 106 Å². The van der Waals surface area contributed by atoms with E-state index < -0.39 is 6.10 Å². The maximum Gasteiger partial charge on any atom is 0.104 e. The van der Waals surface area contributed by atoms with Gasteiger partial charge in [0.2, 0.25) is 0 Å². The van der Waals surface area contributed by atoms with Gasteiger partial charge in [-0.1, -0.05) is 12.1 Å². The molecule has 98 valence electrons. The van der Waals surface area contributed by atoms with Gasteiger partial charge < -0.3 is 5.11 Å². The highest BCUT2D eigenvalue weighted by atomic mass is 16.3. The summed E-state index contributed by atoms with van der Waals surface area (Å²) in [5.74, 6) is 0. The third-order valence-electron chi connectivity index (χ3n) is 3.12. The van der Waals surface area contributed by atoms with E-state index in [0.29, 0.717) is 13.0 Å². The maximum atomic E-state index is 9.99. The highest BCUT2D eigenvalue weighted by Gasteiger charge is 2.18. The van der Waals surface area contributed by atoms with Crippen molar-refractivity contribution in [1.29, 1.82) is 0 Å². The van der Waals surface area contributed by atoms with Gasteiger partial charge in [-0.3, -0.25) is 9.36 Å². The maximum absolute atomic E-state index is 9.99. The molecule has 2 heterocycles. The minimum atomic E-state index is -0.444. The molecule has 0 saturated carbocycles. The minimum Gasteiger partial charge on any atom is -0.388 e. The van der Waals surface area contributed by atoms with Crippen LogP contribution in [0.4, 0.5) is 0 Å². The van der Waals surface area contributed by atoms with Gasteiger partial charge in [-0.05, 0) is 20.3 Å². The lowest BCUT2D eigenvalue weighted by molar-refractivity contribution is 0.172. The molecule has 0 aliphatic heterocycles. The van der Waals surface area contributed by atoms with Crippen LogP contribution in [0.15, 0.2) is 6.20 Å². The van der Waals surface area contributed by atoms with Gasteiger partial charge in [-0.15, -0.1) is 5.10 Å². The van der Waals surface area contributed by atoms with Gasteiger partial charge >= 0.3 is 0 Å². The molecule has 0 amide bonds. The Kier molecular flexibility index (Phi) is 3.47.